The van der Waals surface area contributed by atoms with Crippen LogP contribution in [0.1, 0.15) is 11.1 Å². The monoisotopic (exact) mass is 410 g/mol. The fourth-order valence-electron chi connectivity index (χ4n) is 3.12. The van der Waals surface area contributed by atoms with E-state index in [1.807, 2.05) is 54.6 Å². The lowest BCUT2D eigenvalue weighted by Crippen LogP contribution is -2.38. The van der Waals surface area contributed by atoms with Gasteiger partial charge in [-0.1, -0.05) is 42.5 Å². The summed E-state index contributed by atoms with van der Waals surface area (Å²) < 4.78 is 16.9. The zero-order valence-electron chi connectivity index (χ0n) is 16.2. The molecule has 2 aliphatic rings. The molecule has 2 aromatic rings. The summed E-state index contributed by atoms with van der Waals surface area (Å²) in [7, 11) is 1.61. The maximum Gasteiger partial charge on any atom is 0.286 e. The van der Waals surface area contributed by atoms with E-state index >= 15 is 0 Å². The van der Waals surface area contributed by atoms with Gasteiger partial charge in [-0.3, -0.25) is 4.79 Å². The average Bonchev–Trinajstić information content (AvgIpc) is 3.14. The summed E-state index contributed by atoms with van der Waals surface area (Å²) in [6.45, 7) is 3.21. The zero-order valence-corrected chi connectivity index (χ0v) is 17.0. The van der Waals surface area contributed by atoms with Crippen LogP contribution in [0.3, 0.4) is 0 Å². The van der Waals surface area contributed by atoms with Crippen molar-refractivity contribution < 1.29 is 19.0 Å². The van der Waals surface area contributed by atoms with Gasteiger partial charge in [0.1, 0.15) is 6.61 Å². The van der Waals surface area contributed by atoms with E-state index in [9.17, 15) is 4.79 Å². The number of aliphatic imine (C=N–C) groups is 1. The van der Waals surface area contributed by atoms with Gasteiger partial charge in [-0.05, 0) is 29.5 Å². The molecule has 0 spiro atoms. The molecular formula is C22H22N2O4S. The SMILES string of the molecule is COc1cccc(/C=C2/SC(N3CCOCC3)=NC2=O)c1OCc1ccccc1. The number of carbonyl (C=O) groups is 1. The van der Waals surface area contributed by atoms with E-state index in [-0.39, 0.29) is 5.91 Å². The van der Waals surface area contributed by atoms with Crippen molar-refractivity contribution in [2.45, 2.75) is 6.61 Å². The van der Waals surface area contributed by atoms with E-state index in [2.05, 4.69) is 9.89 Å². The Bertz CT molecular complexity index is 937. The van der Waals surface area contributed by atoms with Gasteiger partial charge in [-0.2, -0.15) is 4.99 Å². The molecule has 2 aliphatic heterocycles. The quantitative estimate of drug-likeness (QED) is 0.703. The highest BCUT2D eigenvalue weighted by molar-refractivity contribution is 8.18. The predicted molar refractivity (Wildman–Crippen MR) is 114 cm³/mol. The maximum absolute atomic E-state index is 12.5. The van der Waals surface area contributed by atoms with Crippen molar-refractivity contribution in [3.8, 4) is 11.5 Å². The van der Waals surface area contributed by atoms with Crippen molar-refractivity contribution in [2.24, 2.45) is 4.99 Å². The zero-order chi connectivity index (χ0) is 20.1. The molecule has 0 radical (unpaired) electrons. The van der Waals surface area contributed by atoms with Crippen LogP contribution in [-0.2, 0) is 16.1 Å². The first-order chi connectivity index (χ1) is 14.2. The third kappa shape index (κ3) is 4.63. The van der Waals surface area contributed by atoms with Crippen molar-refractivity contribution in [2.75, 3.05) is 33.4 Å². The minimum atomic E-state index is -0.228. The molecule has 7 heteroatoms. The number of hydrogen-bond acceptors (Lipinski definition) is 6. The van der Waals surface area contributed by atoms with Crippen molar-refractivity contribution >= 4 is 28.9 Å². The number of carbonyl (C=O) groups excluding carboxylic acids is 1. The molecule has 0 bridgehead atoms. The van der Waals surface area contributed by atoms with Crippen LogP contribution >= 0.6 is 11.8 Å². The number of nitrogens with zero attached hydrogens (tertiary/aromatic N) is 2. The van der Waals surface area contributed by atoms with Crippen LogP contribution in [0.4, 0.5) is 0 Å². The molecule has 0 aliphatic carbocycles. The number of methoxy groups -OCH3 is 1. The molecule has 0 saturated carbocycles. The molecular weight excluding hydrogens is 388 g/mol. The standard InChI is InChI=1S/C22H22N2O4S/c1-26-18-9-5-8-17(20(18)28-15-16-6-3-2-4-7-16)14-19-21(25)23-22(29-19)24-10-12-27-13-11-24/h2-9,14H,10-13,15H2,1H3/b19-14+. The van der Waals surface area contributed by atoms with Gasteiger partial charge < -0.3 is 19.1 Å². The van der Waals surface area contributed by atoms with Gasteiger partial charge in [0.25, 0.3) is 5.91 Å². The van der Waals surface area contributed by atoms with Crippen molar-refractivity contribution in [1.82, 2.24) is 4.90 Å². The van der Waals surface area contributed by atoms with E-state index in [0.717, 1.165) is 29.4 Å². The number of morpholine rings is 1. The summed E-state index contributed by atoms with van der Waals surface area (Å²) in [5.74, 6) is 1.01. The van der Waals surface area contributed by atoms with Gasteiger partial charge in [-0.15, -0.1) is 0 Å². The number of rotatable bonds is 5. The number of amidine groups is 1. The Labute approximate surface area is 174 Å². The van der Waals surface area contributed by atoms with E-state index < -0.39 is 0 Å². The fraction of sp³-hybridized carbons (Fsp3) is 0.273. The molecule has 1 fully saturated rings. The van der Waals surface area contributed by atoms with Crippen molar-refractivity contribution in [3.63, 3.8) is 0 Å². The topological polar surface area (TPSA) is 60.4 Å². The highest BCUT2D eigenvalue weighted by Gasteiger charge is 2.27. The third-order valence-corrected chi connectivity index (χ3v) is 5.68. The number of ether oxygens (including phenoxy) is 3. The highest BCUT2D eigenvalue weighted by Crippen LogP contribution is 2.37. The van der Waals surface area contributed by atoms with E-state index in [1.165, 1.54) is 11.8 Å². The van der Waals surface area contributed by atoms with Crippen LogP contribution in [0.15, 0.2) is 58.4 Å². The van der Waals surface area contributed by atoms with E-state index in [0.29, 0.717) is 36.2 Å². The Morgan fingerprint density at radius 1 is 1.14 bits per heavy atom. The number of para-hydroxylation sites is 1. The molecule has 0 aromatic heterocycles. The van der Waals surface area contributed by atoms with Crippen LogP contribution in [-0.4, -0.2) is 49.4 Å². The lowest BCUT2D eigenvalue weighted by Gasteiger charge is -2.27. The number of amides is 1. The first-order valence-corrected chi connectivity index (χ1v) is 10.3. The molecule has 2 heterocycles. The van der Waals surface area contributed by atoms with Gasteiger partial charge >= 0.3 is 0 Å². The van der Waals surface area contributed by atoms with E-state index in [1.54, 1.807) is 7.11 Å². The van der Waals surface area contributed by atoms with Crippen molar-refractivity contribution in [3.05, 3.63) is 64.6 Å². The largest absolute Gasteiger partial charge is 0.493 e. The molecule has 0 unspecified atom stereocenters. The second-order valence-electron chi connectivity index (χ2n) is 6.56. The first kappa shape index (κ1) is 19.5. The van der Waals surface area contributed by atoms with Crippen LogP contribution < -0.4 is 9.47 Å². The number of hydrogen-bond donors (Lipinski definition) is 0. The van der Waals surface area contributed by atoms with Gasteiger partial charge in [0.2, 0.25) is 0 Å². The third-order valence-electron chi connectivity index (χ3n) is 4.63. The molecule has 2 aromatic carbocycles. The van der Waals surface area contributed by atoms with Crippen LogP contribution in [0.25, 0.3) is 6.08 Å². The average molecular weight is 410 g/mol. The van der Waals surface area contributed by atoms with Gasteiger partial charge in [0, 0.05) is 18.7 Å². The summed E-state index contributed by atoms with van der Waals surface area (Å²) in [6.07, 6.45) is 1.83. The normalized spacial score (nSPS) is 18.1. The molecule has 150 valence electrons. The molecule has 4 rings (SSSR count). The maximum atomic E-state index is 12.5. The van der Waals surface area contributed by atoms with Crippen molar-refractivity contribution in [1.29, 1.82) is 0 Å². The molecule has 0 N–H and O–H groups in total. The molecule has 29 heavy (non-hydrogen) atoms. The summed E-state index contributed by atoms with van der Waals surface area (Å²) >= 11 is 1.39. The minimum absolute atomic E-state index is 0.228. The Kier molecular flexibility index (Phi) is 6.17. The predicted octanol–water partition coefficient (Wildman–Crippen LogP) is 3.58. The molecule has 6 nitrogen and oxygen atoms in total. The second-order valence-corrected chi connectivity index (χ2v) is 7.57. The molecule has 0 atom stereocenters. The number of benzene rings is 2. The number of thioether (sulfide) groups is 1. The lowest BCUT2D eigenvalue weighted by atomic mass is 10.1. The summed E-state index contributed by atoms with van der Waals surface area (Å²) in [6, 6.07) is 15.6. The molecule has 1 amide bonds. The van der Waals surface area contributed by atoms with Gasteiger partial charge in [0.15, 0.2) is 16.7 Å². The summed E-state index contributed by atoms with van der Waals surface area (Å²) in [4.78, 5) is 19.4. The first-order valence-electron chi connectivity index (χ1n) is 9.43. The Morgan fingerprint density at radius 3 is 2.69 bits per heavy atom. The van der Waals surface area contributed by atoms with Gasteiger partial charge in [-0.25, -0.2) is 0 Å². The van der Waals surface area contributed by atoms with Gasteiger partial charge in [0.05, 0.1) is 25.2 Å². The smallest absolute Gasteiger partial charge is 0.286 e. The van der Waals surface area contributed by atoms with Crippen LogP contribution in [0.2, 0.25) is 0 Å². The Hall–Kier alpha value is -2.77. The summed E-state index contributed by atoms with van der Waals surface area (Å²) in [5.41, 5.74) is 1.84. The van der Waals surface area contributed by atoms with Crippen LogP contribution in [0, 0.1) is 0 Å². The molecule has 1 saturated heterocycles. The Balaban J connectivity index is 1.55. The minimum Gasteiger partial charge on any atom is -0.493 e. The Morgan fingerprint density at radius 2 is 1.93 bits per heavy atom. The summed E-state index contributed by atoms with van der Waals surface area (Å²) in [5, 5.41) is 0.735. The van der Waals surface area contributed by atoms with Crippen LogP contribution in [0.5, 0.6) is 11.5 Å². The van der Waals surface area contributed by atoms with E-state index in [4.69, 9.17) is 14.2 Å². The highest BCUT2D eigenvalue weighted by atomic mass is 32.2. The lowest BCUT2D eigenvalue weighted by molar-refractivity contribution is -0.113. The second kappa shape index (κ2) is 9.15. The fourth-order valence-corrected chi connectivity index (χ4v) is 4.08.